The van der Waals surface area contributed by atoms with Crippen LogP contribution in [-0.2, 0) is 27.5 Å². The summed E-state index contributed by atoms with van der Waals surface area (Å²) in [5, 5.41) is 2.54. The number of nitrogens with one attached hydrogen (secondary N) is 1. The van der Waals surface area contributed by atoms with Crippen LogP contribution in [0.15, 0.2) is 54.6 Å². The second kappa shape index (κ2) is 7.24. The number of hydrogen-bond acceptors (Lipinski definition) is 3. The van der Waals surface area contributed by atoms with Crippen molar-refractivity contribution in [2.24, 2.45) is 0 Å². The molecule has 108 valence electrons. The van der Waals surface area contributed by atoms with Crippen molar-refractivity contribution in [3.8, 4) is 0 Å². The topological polar surface area (TPSA) is 55.4 Å². The molecule has 4 heteroatoms. The van der Waals surface area contributed by atoms with E-state index in [1.807, 2.05) is 61.5 Å². The molecule has 0 radical (unpaired) electrons. The molecule has 0 aliphatic heterocycles. The predicted molar refractivity (Wildman–Crippen MR) is 79.3 cm³/mol. The van der Waals surface area contributed by atoms with Crippen LogP contribution < -0.4 is 5.32 Å². The van der Waals surface area contributed by atoms with Gasteiger partial charge in [-0.1, -0.05) is 60.2 Å². The number of benzene rings is 2. The van der Waals surface area contributed by atoms with E-state index in [2.05, 4.69) is 5.32 Å². The van der Waals surface area contributed by atoms with Gasteiger partial charge in [0.2, 0.25) is 0 Å². The molecule has 0 bridgehead atoms. The standard InChI is InChI=1S/C17H17NO3/c1-13-7-9-14(10-8-13)11-18-16(19)17(20)21-12-15-5-3-2-4-6-15/h2-10H,11-12H2,1H3,(H,18,19). The van der Waals surface area contributed by atoms with Gasteiger partial charge in [-0.3, -0.25) is 4.79 Å². The van der Waals surface area contributed by atoms with Crippen LogP contribution in [0.2, 0.25) is 0 Å². The second-order valence-corrected chi connectivity index (χ2v) is 4.73. The summed E-state index contributed by atoms with van der Waals surface area (Å²) >= 11 is 0. The Labute approximate surface area is 123 Å². The van der Waals surface area contributed by atoms with E-state index in [0.29, 0.717) is 6.54 Å². The van der Waals surface area contributed by atoms with Crippen molar-refractivity contribution in [3.63, 3.8) is 0 Å². The normalized spacial score (nSPS) is 9.95. The highest BCUT2D eigenvalue weighted by Gasteiger charge is 2.14. The quantitative estimate of drug-likeness (QED) is 0.692. The smallest absolute Gasteiger partial charge is 0.397 e. The largest absolute Gasteiger partial charge is 0.454 e. The van der Waals surface area contributed by atoms with Crippen molar-refractivity contribution in [2.75, 3.05) is 0 Å². The van der Waals surface area contributed by atoms with Gasteiger partial charge in [0.05, 0.1) is 0 Å². The first-order chi connectivity index (χ1) is 10.1. The molecule has 0 aliphatic carbocycles. The predicted octanol–water partition coefficient (Wildman–Crippen LogP) is 2.35. The Kier molecular flexibility index (Phi) is 5.10. The Morgan fingerprint density at radius 2 is 1.62 bits per heavy atom. The van der Waals surface area contributed by atoms with Gasteiger partial charge in [0.1, 0.15) is 6.61 Å². The van der Waals surface area contributed by atoms with Crippen LogP contribution in [0.4, 0.5) is 0 Å². The molecule has 0 heterocycles. The first kappa shape index (κ1) is 14.8. The lowest BCUT2D eigenvalue weighted by Gasteiger charge is -2.06. The highest BCUT2D eigenvalue weighted by atomic mass is 16.5. The van der Waals surface area contributed by atoms with Gasteiger partial charge in [0.15, 0.2) is 0 Å². The fourth-order valence-electron chi connectivity index (χ4n) is 1.75. The zero-order chi connectivity index (χ0) is 15.1. The molecule has 0 spiro atoms. The molecule has 2 rings (SSSR count). The second-order valence-electron chi connectivity index (χ2n) is 4.73. The van der Waals surface area contributed by atoms with Crippen LogP contribution in [0.3, 0.4) is 0 Å². The third-order valence-electron chi connectivity index (χ3n) is 2.97. The number of esters is 1. The average Bonchev–Trinajstić information content (AvgIpc) is 2.52. The third kappa shape index (κ3) is 4.76. The SMILES string of the molecule is Cc1ccc(CNC(=O)C(=O)OCc2ccccc2)cc1. The molecule has 0 saturated carbocycles. The lowest BCUT2D eigenvalue weighted by Crippen LogP contribution is -2.31. The van der Waals surface area contributed by atoms with Gasteiger partial charge < -0.3 is 10.1 Å². The number of aryl methyl sites for hydroxylation is 1. The maximum Gasteiger partial charge on any atom is 0.397 e. The van der Waals surface area contributed by atoms with Crippen molar-refractivity contribution < 1.29 is 14.3 Å². The fourth-order valence-corrected chi connectivity index (χ4v) is 1.75. The molecular formula is C17H17NO3. The van der Waals surface area contributed by atoms with Gasteiger partial charge in [-0.25, -0.2) is 4.79 Å². The van der Waals surface area contributed by atoms with Crippen molar-refractivity contribution in [2.45, 2.75) is 20.1 Å². The van der Waals surface area contributed by atoms with Gasteiger partial charge in [-0.15, -0.1) is 0 Å². The Bertz CT molecular complexity index is 606. The lowest BCUT2D eigenvalue weighted by molar-refractivity contribution is -0.155. The maximum absolute atomic E-state index is 11.6. The summed E-state index contributed by atoms with van der Waals surface area (Å²) < 4.78 is 4.95. The van der Waals surface area contributed by atoms with E-state index in [0.717, 1.165) is 16.7 Å². The monoisotopic (exact) mass is 283 g/mol. The molecule has 2 aromatic rings. The first-order valence-corrected chi connectivity index (χ1v) is 6.69. The van der Waals surface area contributed by atoms with Crippen LogP contribution >= 0.6 is 0 Å². The van der Waals surface area contributed by atoms with E-state index >= 15 is 0 Å². The Hall–Kier alpha value is -2.62. The van der Waals surface area contributed by atoms with E-state index < -0.39 is 11.9 Å². The van der Waals surface area contributed by atoms with Crippen molar-refractivity contribution in [1.82, 2.24) is 5.32 Å². The number of carbonyl (C=O) groups excluding carboxylic acids is 2. The van der Waals surface area contributed by atoms with Gasteiger partial charge in [-0.05, 0) is 18.1 Å². The summed E-state index contributed by atoms with van der Waals surface area (Å²) in [4.78, 5) is 23.2. The van der Waals surface area contributed by atoms with Gasteiger partial charge in [0, 0.05) is 6.54 Å². The summed E-state index contributed by atoms with van der Waals surface area (Å²) in [6.45, 7) is 2.39. The number of ether oxygens (including phenoxy) is 1. The molecule has 21 heavy (non-hydrogen) atoms. The molecule has 0 aromatic heterocycles. The van der Waals surface area contributed by atoms with Crippen LogP contribution in [0.25, 0.3) is 0 Å². The summed E-state index contributed by atoms with van der Waals surface area (Å²) in [6, 6.07) is 17.0. The van der Waals surface area contributed by atoms with Crippen molar-refractivity contribution in [1.29, 1.82) is 0 Å². The average molecular weight is 283 g/mol. The van der Waals surface area contributed by atoms with Gasteiger partial charge >= 0.3 is 11.9 Å². The maximum atomic E-state index is 11.6. The minimum Gasteiger partial charge on any atom is -0.454 e. The van der Waals surface area contributed by atoms with E-state index in [9.17, 15) is 9.59 Å². The Balaban J connectivity index is 1.77. The summed E-state index contributed by atoms with van der Waals surface area (Å²) in [5.74, 6) is -1.60. The van der Waals surface area contributed by atoms with E-state index in [-0.39, 0.29) is 6.61 Å². The summed E-state index contributed by atoms with van der Waals surface area (Å²) in [5.41, 5.74) is 2.93. The van der Waals surface area contributed by atoms with Crippen LogP contribution in [0.1, 0.15) is 16.7 Å². The summed E-state index contributed by atoms with van der Waals surface area (Å²) in [7, 11) is 0. The van der Waals surface area contributed by atoms with Crippen molar-refractivity contribution >= 4 is 11.9 Å². The van der Waals surface area contributed by atoms with Crippen LogP contribution in [-0.4, -0.2) is 11.9 Å². The molecule has 0 fully saturated rings. The summed E-state index contributed by atoms with van der Waals surface area (Å²) in [6.07, 6.45) is 0. The van der Waals surface area contributed by atoms with Gasteiger partial charge in [0.25, 0.3) is 0 Å². The number of amides is 1. The minimum absolute atomic E-state index is 0.0949. The highest BCUT2D eigenvalue weighted by Crippen LogP contribution is 2.03. The van der Waals surface area contributed by atoms with Crippen LogP contribution in [0.5, 0.6) is 0 Å². The van der Waals surface area contributed by atoms with Crippen LogP contribution in [0, 0.1) is 6.92 Å². The molecule has 0 atom stereocenters. The zero-order valence-corrected chi connectivity index (χ0v) is 11.8. The first-order valence-electron chi connectivity index (χ1n) is 6.69. The van der Waals surface area contributed by atoms with Crippen molar-refractivity contribution in [3.05, 3.63) is 71.3 Å². The molecule has 0 unspecified atom stereocenters. The molecule has 0 saturated heterocycles. The minimum atomic E-state index is -0.869. The molecule has 1 amide bonds. The molecule has 2 aromatic carbocycles. The van der Waals surface area contributed by atoms with E-state index in [1.54, 1.807) is 0 Å². The zero-order valence-electron chi connectivity index (χ0n) is 11.8. The molecule has 4 nitrogen and oxygen atoms in total. The number of hydrogen-bond donors (Lipinski definition) is 1. The number of carbonyl (C=O) groups is 2. The number of rotatable bonds is 4. The molecule has 1 N–H and O–H groups in total. The Morgan fingerprint density at radius 3 is 2.29 bits per heavy atom. The van der Waals surface area contributed by atoms with E-state index in [4.69, 9.17) is 4.74 Å². The highest BCUT2D eigenvalue weighted by molar-refractivity contribution is 6.32. The third-order valence-corrected chi connectivity index (χ3v) is 2.97. The fraction of sp³-hybridized carbons (Fsp3) is 0.176. The van der Waals surface area contributed by atoms with Gasteiger partial charge in [-0.2, -0.15) is 0 Å². The molecular weight excluding hydrogens is 266 g/mol. The van der Waals surface area contributed by atoms with E-state index in [1.165, 1.54) is 0 Å². The lowest BCUT2D eigenvalue weighted by atomic mass is 10.1. The molecule has 0 aliphatic rings. The Morgan fingerprint density at radius 1 is 0.952 bits per heavy atom.